The van der Waals surface area contributed by atoms with Gasteiger partial charge in [0.15, 0.2) is 0 Å². The highest BCUT2D eigenvalue weighted by molar-refractivity contribution is 5.50. The van der Waals surface area contributed by atoms with Gasteiger partial charge in [0.25, 0.3) is 5.56 Å². The van der Waals surface area contributed by atoms with Gasteiger partial charge in [-0.05, 0) is 36.5 Å². The minimum atomic E-state index is 0.0899. The lowest BCUT2D eigenvalue weighted by Crippen LogP contribution is -2.40. The maximum atomic E-state index is 13.0. The molecule has 0 amide bonds. The predicted molar refractivity (Wildman–Crippen MR) is 93.3 cm³/mol. The van der Waals surface area contributed by atoms with Crippen molar-refractivity contribution in [1.82, 2.24) is 14.8 Å². The van der Waals surface area contributed by atoms with E-state index in [9.17, 15) is 4.79 Å². The van der Waals surface area contributed by atoms with E-state index < -0.39 is 0 Å². The standard InChI is InChI=1S/C18H30N4O/c1-6-7-21-11-14-15(20-21)10-19-22(16(14)23)13-8-17(2,3)12-18(4,5)9-13/h10,13,20H,6-9,11-12H2,1-5H3. The molecule has 1 saturated carbocycles. The molecule has 0 spiro atoms. The fourth-order valence-corrected chi connectivity index (χ4v) is 4.78. The molecule has 0 bridgehead atoms. The number of hydrazine groups is 1. The van der Waals surface area contributed by atoms with E-state index in [-0.39, 0.29) is 22.4 Å². The summed E-state index contributed by atoms with van der Waals surface area (Å²) < 4.78 is 1.76. The van der Waals surface area contributed by atoms with Gasteiger partial charge in [-0.15, -0.1) is 0 Å². The third-order valence-corrected chi connectivity index (χ3v) is 5.10. The number of aromatic nitrogens is 2. The maximum Gasteiger partial charge on any atom is 0.273 e. The lowest BCUT2D eigenvalue weighted by Gasteiger charge is -2.44. The second-order valence-electron chi connectivity index (χ2n) is 8.89. The molecule has 2 heterocycles. The number of fused-ring (bicyclic) bond motifs is 1. The Bertz CT molecular complexity index is 631. The third-order valence-electron chi connectivity index (χ3n) is 5.10. The average molecular weight is 318 g/mol. The Morgan fingerprint density at radius 1 is 1.26 bits per heavy atom. The summed E-state index contributed by atoms with van der Waals surface area (Å²) in [5.74, 6) is 0. The Morgan fingerprint density at radius 3 is 2.52 bits per heavy atom. The third kappa shape index (κ3) is 3.30. The van der Waals surface area contributed by atoms with Crippen LogP contribution in [0.15, 0.2) is 11.0 Å². The van der Waals surface area contributed by atoms with E-state index in [1.807, 2.05) is 6.20 Å². The van der Waals surface area contributed by atoms with Gasteiger partial charge in [0, 0.05) is 6.54 Å². The monoisotopic (exact) mass is 318 g/mol. The van der Waals surface area contributed by atoms with Gasteiger partial charge in [-0.2, -0.15) is 5.10 Å². The minimum Gasteiger partial charge on any atom is -0.316 e. The Kier molecular flexibility index (Phi) is 4.03. The normalized spacial score (nSPS) is 23.5. The van der Waals surface area contributed by atoms with Crippen LogP contribution in [0.1, 0.15) is 71.9 Å². The second-order valence-corrected chi connectivity index (χ2v) is 8.89. The molecule has 3 rings (SSSR count). The van der Waals surface area contributed by atoms with Crippen LogP contribution in [0.25, 0.3) is 0 Å². The van der Waals surface area contributed by atoms with Gasteiger partial charge >= 0.3 is 0 Å². The molecule has 1 N–H and O–H groups in total. The van der Waals surface area contributed by atoms with E-state index in [1.54, 1.807) is 4.68 Å². The van der Waals surface area contributed by atoms with Crippen molar-refractivity contribution >= 4 is 5.69 Å². The SMILES string of the molecule is CCCN1Cc2c(cnn(C3CC(C)(C)CC(C)(C)C3)c2=O)N1. The first-order chi connectivity index (χ1) is 10.7. The molecule has 0 radical (unpaired) electrons. The van der Waals surface area contributed by atoms with E-state index in [4.69, 9.17) is 0 Å². The summed E-state index contributed by atoms with van der Waals surface area (Å²) in [6, 6.07) is 0.201. The van der Waals surface area contributed by atoms with Crippen LogP contribution in [-0.2, 0) is 6.54 Å². The zero-order valence-electron chi connectivity index (χ0n) is 15.1. The lowest BCUT2D eigenvalue weighted by molar-refractivity contribution is 0.0650. The molecule has 0 atom stereocenters. The first-order valence-electron chi connectivity index (χ1n) is 8.83. The molecular formula is C18H30N4O. The molecule has 5 heteroatoms. The van der Waals surface area contributed by atoms with Crippen LogP contribution >= 0.6 is 0 Å². The van der Waals surface area contributed by atoms with E-state index in [0.717, 1.165) is 37.1 Å². The van der Waals surface area contributed by atoms with Gasteiger partial charge in [-0.25, -0.2) is 9.69 Å². The fraction of sp³-hybridized carbons (Fsp3) is 0.778. The Labute approximate surface area is 139 Å². The molecule has 1 aromatic rings. The first-order valence-corrected chi connectivity index (χ1v) is 8.83. The van der Waals surface area contributed by atoms with Gasteiger partial charge in [-0.3, -0.25) is 4.79 Å². The van der Waals surface area contributed by atoms with E-state index in [1.165, 1.54) is 6.42 Å². The minimum absolute atomic E-state index is 0.0899. The number of rotatable bonds is 3. The van der Waals surface area contributed by atoms with E-state index >= 15 is 0 Å². The van der Waals surface area contributed by atoms with Crippen molar-refractivity contribution in [1.29, 1.82) is 0 Å². The van der Waals surface area contributed by atoms with Gasteiger partial charge in [0.05, 0.1) is 30.0 Å². The zero-order chi connectivity index (χ0) is 16.8. The summed E-state index contributed by atoms with van der Waals surface area (Å²) >= 11 is 0. The number of hydrogen-bond donors (Lipinski definition) is 1. The summed E-state index contributed by atoms with van der Waals surface area (Å²) in [6.07, 6.45) is 6.14. The number of nitrogens with one attached hydrogen (secondary N) is 1. The Balaban J connectivity index is 1.91. The zero-order valence-corrected chi connectivity index (χ0v) is 15.1. The molecule has 2 aliphatic rings. The average Bonchev–Trinajstić information content (AvgIpc) is 2.79. The van der Waals surface area contributed by atoms with Crippen LogP contribution in [0.2, 0.25) is 0 Å². The summed E-state index contributed by atoms with van der Waals surface area (Å²) in [4.78, 5) is 13.0. The smallest absolute Gasteiger partial charge is 0.273 e. The molecular weight excluding hydrogens is 288 g/mol. The molecule has 1 fully saturated rings. The van der Waals surface area contributed by atoms with E-state index in [0.29, 0.717) is 6.54 Å². The fourth-order valence-electron chi connectivity index (χ4n) is 4.78. The molecule has 1 aromatic heterocycles. The molecule has 1 aliphatic heterocycles. The Morgan fingerprint density at radius 2 is 1.91 bits per heavy atom. The highest BCUT2D eigenvalue weighted by Gasteiger charge is 2.40. The topological polar surface area (TPSA) is 50.2 Å². The van der Waals surface area contributed by atoms with Crippen LogP contribution in [0.3, 0.4) is 0 Å². The Hall–Kier alpha value is -1.36. The van der Waals surface area contributed by atoms with Crippen molar-refractivity contribution < 1.29 is 0 Å². The van der Waals surface area contributed by atoms with E-state index in [2.05, 4.69) is 50.2 Å². The van der Waals surface area contributed by atoms with Crippen molar-refractivity contribution in [3.05, 3.63) is 22.1 Å². The molecule has 0 saturated heterocycles. The van der Waals surface area contributed by atoms with Crippen LogP contribution in [0, 0.1) is 10.8 Å². The van der Waals surface area contributed by atoms with Crippen molar-refractivity contribution in [2.24, 2.45) is 10.8 Å². The molecule has 23 heavy (non-hydrogen) atoms. The quantitative estimate of drug-likeness (QED) is 0.925. The highest BCUT2D eigenvalue weighted by Crippen LogP contribution is 2.49. The molecule has 1 aliphatic carbocycles. The highest BCUT2D eigenvalue weighted by atomic mass is 16.1. The van der Waals surface area contributed by atoms with Crippen molar-refractivity contribution in [2.75, 3.05) is 12.0 Å². The number of anilines is 1. The van der Waals surface area contributed by atoms with Crippen LogP contribution in [0.5, 0.6) is 0 Å². The van der Waals surface area contributed by atoms with Crippen LogP contribution in [0.4, 0.5) is 5.69 Å². The number of hydrogen-bond acceptors (Lipinski definition) is 4. The van der Waals surface area contributed by atoms with Gasteiger partial charge in [-0.1, -0.05) is 34.6 Å². The predicted octanol–water partition coefficient (Wildman–Crippen LogP) is 3.57. The largest absolute Gasteiger partial charge is 0.316 e. The number of nitrogens with zero attached hydrogens (tertiary/aromatic N) is 3. The molecule has 128 valence electrons. The molecule has 0 aromatic carbocycles. The first kappa shape index (κ1) is 16.5. The summed E-state index contributed by atoms with van der Waals surface area (Å²) in [7, 11) is 0. The van der Waals surface area contributed by atoms with Crippen molar-refractivity contribution in [3.8, 4) is 0 Å². The van der Waals surface area contributed by atoms with Crippen LogP contribution < -0.4 is 11.0 Å². The lowest BCUT2D eigenvalue weighted by atomic mass is 9.63. The summed E-state index contributed by atoms with van der Waals surface area (Å²) in [5.41, 5.74) is 5.64. The van der Waals surface area contributed by atoms with Crippen molar-refractivity contribution in [2.45, 2.75) is 72.9 Å². The molecule has 5 nitrogen and oxygen atoms in total. The van der Waals surface area contributed by atoms with Gasteiger partial charge < -0.3 is 5.43 Å². The van der Waals surface area contributed by atoms with Crippen molar-refractivity contribution in [3.63, 3.8) is 0 Å². The van der Waals surface area contributed by atoms with Gasteiger partial charge in [0.1, 0.15) is 0 Å². The maximum absolute atomic E-state index is 13.0. The molecule has 0 unspecified atom stereocenters. The summed E-state index contributed by atoms with van der Waals surface area (Å²) in [5, 5.41) is 6.62. The summed E-state index contributed by atoms with van der Waals surface area (Å²) in [6.45, 7) is 13.0. The second kappa shape index (κ2) is 5.62. The van der Waals surface area contributed by atoms with Crippen LogP contribution in [-0.4, -0.2) is 21.3 Å². The van der Waals surface area contributed by atoms with Gasteiger partial charge in [0.2, 0.25) is 0 Å².